The van der Waals surface area contributed by atoms with Crippen LogP contribution in [0.1, 0.15) is 19.4 Å². The summed E-state index contributed by atoms with van der Waals surface area (Å²) in [6.45, 7) is 5.27. The molecule has 2 aliphatic heterocycles. The Kier molecular flexibility index (Phi) is 3.40. The Bertz CT molecular complexity index is 488. The molecule has 5 nitrogen and oxygen atoms in total. The summed E-state index contributed by atoms with van der Waals surface area (Å²) in [5, 5.41) is 0. The first-order chi connectivity index (χ1) is 9.55. The first kappa shape index (κ1) is 13.4. The van der Waals surface area contributed by atoms with Crippen LogP contribution in [0.5, 0.6) is 0 Å². The van der Waals surface area contributed by atoms with E-state index in [-0.39, 0.29) is 18.2 Å². The van der Waals surface area contributed by atoms with E-state index in [2.05, 4.69) is 0 Å². The minimum Gasteiger partial charge on any atom is -0.445 e. The van der Waals surface area contributed by atoms with E-state index in [9.17, 15) is 4.79 Å². The molecule has 0 unspecified atom stereocenters. The lowest BCUT2D eigenvalue weighted by Gasteiger charge is -2.16. The summed E-state index contributed by atoms with van der Waals surface area (Å²) in [4.78, 5) is 13.6. The van der Waals surface area contributed by atoms with Crippen molar-refractivity contribution in [3.8, 4) is 0 Å². The highest BCUT2D eigenvalue weighted by atomic mass is 16.7. The molecule has 0 N–H and O–H groups in total. The van der Waals surface area contributed by atoms with Crippen LogP contribution in [0.2, 0.25) is 0 Å². The van der Waals surface area contributed by atoms with Gasteiger partial charge in [0.2, 0.25) is 0 Å². The molecule has 0 saturated carbocycles. The number of ether oxygens (including phenoxy) is 3. The van der Waals surface area contributed by atoms with Crippen LogP contribution in [0, 0.1) is 0 Å². The van der Waals surface area contributed by atoms with Crippen LogP contribution in [-0.2, 0) is 20.8 Å². The Balaban J connectivity index is 1.46. The molecule has 20 heavy (non-hydrogen) atoms. The van der Waals surface area contributed by atoms with Gasteiger partial charge >= 0.3 is 6.09 Å². The zero-order chi connectivity index (χ0) is 14.2. The molecule has 3 rings (SSSR count). The van der Waals surface area contributed by atoms with E-state index in [0.29, 0.717) is 19.8 Å². The van der Waals surface area contributed by atoms with E-state index in [1.54, 1.807) is 4.90 Å². The van der Waals surface area contributed by atoms with Crippen LogP contribution in [0.25, 0.3) is 0 Å². The van der Waals surface area contributed by atoms with Crippen molar-refractivity contribution in [2.24, 2.45) is 0 Å². The predicted octanol–water partition coefficient (Wildman–Crippen LogP) is 2.16. The van der Waals surface area contributed by atoms with Crippen molar-refractivity contribution in [2.75, 3.05) is 13.2 Å². The second-order valence-electron chi connectivity index (χ2n) is 5.63. The molecule has 0 radical (unpaired) electrons. The van der Waals surface area contributed by atoms with Gasteiger partial charge in [-0.25, -0.2) is 4.79 Å². The highest BCUT2D eigenvalue weighted by molar-refractivity contribution is 5.71. The molecule has 2 saturated heterocycles. The minimum absolute atomic E-state index is 0.0470. The van der Waals surface area contributed by atoms with Crippen molar-refractivity contribution < 1.29 is 19.0 Å². The van der Waals surface area contributed by atoms with Crippen molar-refractivity contribution in [1.82, 2.24) is 4.90 Å². The third kappa shape index (κ3) is 2.94. The average molecular weight is 277 g/mol. The van der Waals surface area contributed by atoms with E-state index < -0.39 is 5.79 Å². The zero-order valence-corrected chi connectivity index (χ0v) is 11.7. The van der Waals surface area contributed by atoms with Gasteiger partial charge in [-0.3, -0.25) is 4.90 Å². The highest BCUT2D eigenvalue weighted by Crippen LogP contribution is 2.32. The minimum atomic E-state index is -0.549. The summed E-state index contributed by atoms with van der Waals surface area (Å²) < 4.78 is 16.5. The molecule has 2 atom stereocenters. The standard InChI is InChI=1S/C15H19NO4/c1-15(2)19-10-13(20-15)12-8-16(12)14(17)18-9-11-6-4-3-5-7-11/h3-7,12-13H,8-10H2,1-2H3/t12-,13-,16?/m0/s1. The summed E-state index contributed by atoms with van der Waals surface area (Å²) in [5.41, 5.74) is 0.987. The fourth-order valence-electron chi connectivity index (χ4n) is 2.39. The average Bonchev–Trinajstić information content (AvgIpc) is 3.15. The van der Waals surface area contributed by atoms with Gasteiger partial charge in [-0.1, -0.05) is 30.3 Å². The number of hydrogen-bond donors (Lipinski definition) is 0. The molecule has 0 spiro atoms. The molecule has 1 aromatic rings. The zero-order valence-electron chi connectivity index (χ0n) is 11.7. The third-order valence-electron chi connectivity index (χ3n) is 3.55. The topological polar surface area (TPSA) is 47.8 Å². The Labute approximate surface area is 118 Å². The van der Waals surface area contributed by atoms with Crippen molar-refractivity contribution >= 4 is 6.09 Å². The normalized spacial score (nSPS) is 27.4. The van der Waals surface area contributed by atoms with E-state index in [1.807, 2.05) is 44.2 Å². The quantitative estimate of drug-likeness (QED) is 0.794. The molecule has 1 amide bonds. The lowest BCUT2D eigenvalue weighted by Crippen LogP contribution is -2.27. The van der Waals surface area contributed by atoms with Crippen LogP contribution in [0.3, 0.4) is 0 Å². The smallest absolute Gasteiger partial charge is 0.410 e. The van der Waals surface area contributed by atoms with Crippen molar-refractivity contribution in [2.45, 2.75) is 38.4 Å². The number of benzene rings is 1. The van der Waals surface area contributed by atoms with Gasteiger partial charge in [0.25, 0.3) is 0 Å². The molecule has 5 heteroatoms. The second kappa shape index (κ2) is 5.07. The molecule has 2 heterocycles. The van der Waals surface area contributed by atoms with E-state index in [4.69, 9.17) is 14.2 Å². The van der Waals surface area contributed by atoms with Crippen LogP contribution >= 0.6 is 0 Å². The Morgan fingerprint density at radius 3 is 2.80 bits per heavy atom. The van der Waals surface area contributed by atoms with Crippen LogP contribution in [0.15, 0.2) is 30.3 Å². The molecule has 2 aliphatic rings. The summed E-state index contributed by atoms with van der Waals surface area (Å²) in [5.74, 6) is -0.549. The van der Waals surface area contributed by atoms with Gasteiger partial charge in [-0.2, -0.15) is 0 Å². The molecule has 0 bridgehead atoms. The van der Waals surface area contributed by atoms with Gasteiger partial charge in [0.15, 0.2) is 5.79 Å². The van der Waals surface area contributed by atoms with Crippen LogP contribution in [0.4, 0.5) is 4.79 Å². The van der Waals surface area contributed by atoms with Crippen LogP contribution in [-0.4, -0.2) is 42.1 Å². The first-order valence-electron chi connectivity index (χ1n) is 6.84. The maximum absolute atomic E-state index is 11.9. The van der Waals surface area contributed by atoms with Gasteiger partial charge < -0.3 is 14.2 Å². The Morgan fingerprint density at radius 1 is 1.40 bits per heavy atom. The molecule has 0 aliphatic carbocycles. The first-order valence-corrected chi connectivity index (χ1v) is 6.84. The monoisotopic (exact) mass is 277 g/mol. The summed E-state index contributed by atoms with van der Waals surface area (Å²) in [7, 11) is 0. The lowest BCUT2D eigenvalue weighted by atomic mass is 10.2. The van der Waals surface area contributed by atoms with E-state index >= 15 is 0 Å². The van der Waals surface area contributed by atoms with Crippen molar-refractivity contribution in [3.63, 3.8) is 0 Å². The van der Waals surface area contributed by atoms with Crippen molar-refractivity contribution in [3.05, 3.63) is 35.9 Å². The molecule has 2 fully saturated rings. The van der Waals surface area contributed by atoms with Gasteiger partial charge in [-0.15, -0.1) is 0 Å². The number of nitrogens with zero attached hydrogens (tertiary/aromatic N) is 1. The maximum Gasteiger partial charge on any atom is 0.410 e. The second-order valence-corrected chi connectivity index (χ2v) is 5.63. The summed E-state index contributed by atoms with van der Waals surface area (Å²) in [6, 6.07) is 9.74. The number of hydrogen-bond acceptors (Lipinski definition) is 4. The van der Waals surface area contributed by atoms with Crippen LogP contribution < -0.4 is 0 Å². The van der Waals surface area contributed by atoms with Gasteiger partial charge in [0.1, 0.15) is 12.7 Å². The highest BCUT2D eigenvalue weighted by Gasteiger charge is 2.50. The largest absolute Gasteiger partial charge is 0.445 e. The maximum atomic E-state index is 11.9. The summed E-state index contributed by atoms with van der Waals surface area (Å²) >= 11 is 0. The van der Waals surface area contributed by atoms with Gasteiger partial charge in [0, 0.05) is 6.54 Å². The Hall–Kier alpha value is -1.59. The Morgan fingerprint density at radius 2 is 2.15 bits per heavy atom. The SMILES string of the molecule is CC1(C)OC[C@@H]([C@@H]2CN2C(=O)OCc2ccccc2)O1. The van der Waals surface area contributed by atoms with E-state index in [0.717, 1.165) is 5.56 Å². The fourth-order valence-corrected chi connectivity index (χ4v) is 2.39. The number of carbonyl (C=O) groups excluding carboxylic acids is 1. The number of amides is 1. The third-order valence-corrected chi connectivity index (χ3v) is 3.55. The molecule has 108 valence electrons. The summed E-state index contributed by atoms with van der Waals surface area (Å²) in [6.07, 6.45) is -0.332. The molecular weight excluding hydrogens is 258 g/mol. The molecule has 0 aromatic heterocycles. The van der Waals surface area contributed by atoms with Crippen molar-refractivity contribution in [1.29, 1.82) is 0 Å². The number of carbonyl (C=O) groups is 1. The molecular formula is C15H19NO4. The lowest BCUT2D eigenvalue weighted by molar-refractivity contribution is -0.139. The number of rotatable bonds is 3. The van der Waals surface area contributed by atoms with Gasteiger partial charge in [0.05, 0.1) is 12.6 Å². The fraction of sp³-hybridized carbons (Fsp3) is 0.533. The van der Waals surface area contributed by atoms with Gasteiger partial charge in [-0.05, 0) is 19.4 Å². The predicted molar refractivity (Wildman–Crippen MR) is 72.0 cm³/mol. The molecule has 1 aromatic carbocycles. The van der Waals surface area contributed by atoms with E-state index in [1.165, 1.54) is 0 Å².